The average molecular weight is 1040 g/mol. The summed E-state index contributed by atoms with van der Waals surface area (Å²) in [6, 6.07) is 27.4. The van der Waals surface area contributed by atoms with Crippen LogP contribution in [0.4, 0.5) is 17.1 Å². The largest absolute Gasteiger partial charge is 0.495 e. The van der Waals surface area contributed by atoms with Gasteiger partial charge in [0.1, 0.15) is 5.75 Å². The first-order valence-corrected chi connectivity index (χ1v) is 23.8. The number of aromatic nitrogens is 1. The topological polar surface area (TPSA) is 188 Å². The van der Waals surface area contributed by atoms with Crippen LogP contribution in [0.1, 0.15) is 49.4 Å². The van der Waals surface area contributed by atoms with Gasteiger partial charge in [0.05, 0.1) is 76.8 Å². The molecule has 0 amide bonds. The molecule has 7 rings (SSSR count). The van der Waals surface area contributed by atoms with E-state index in [2.05, 4.69) is 20.9 Å². The smallest absolute Gasteiger partial charge is 0.203 e. The van der Waals surface area contributed by atoms with Gasteiger partial charge >= 0.3 is 0 Å². The number of nitrogens with one attached hydrogen (secondary N) is 4. The minimum Gasteiger partial charge on any atom is -0.495 e. The van der Waals surface area contributed by atoms with Gasteiger partial charge in [-0.15, -0.1) is 0 Å². The fourth-order valence-electron chi connectivity index (χ4n) is 8.30. The summed E-state index contributed by atoms with van der Waals surface area (Å²) in [7, 11) is 15.6. The summed E-state index contributed by atoms with van der Waals surface area (Å²) in [6.07, 6.45) is 12.5. The number of aromatic amines is 1. The minimum atomic E-state index is -0.166. The molecule has 7 aromatic rings. The van der Waals surface area contributed by atoms with E-state index in [1.54, 1.807) is 101 Å². The van der Waals surface area contributed by atoms with Gasteiger partial charge in [-0.2, -0.15) is 0 Å². The van der Waals surface area contributed by atoms with Gasteiger partial charge in [-0.1, -0.05) is 42.5 Å². The van der Waals surface area contributed by atoms with Crippen molar-refractivity contribution in [3.63, 3.8) is 0 Å². The van der Waals surface area contributed by atoms with Crippen LogP contribution in [0.2, 0.25) is 0 Å². The lowest BCUT2D eigenvalue weighted by Crippen LogP contribution is -2.13. The van der Waals surface area contributed by atoms with Crippen LogP contribution in [-0.2, 0) is 0 Å². The molecule has 17 heteroatoms. The maximum absolute atomic E-state index is 13.8. The number of ketones is 2. The Morgan fingerprint density at radius 3 is 1.61 bits per heavy atom. The zero-order valence-electron chi connectivity index (χ0n) is 44.1. The van der Waals surface area contributed by atoms with Gasteiger partial charge < -0.3 is 73.0 Å². The molecule has 0 aliphatic carbocycles. The second-order valence-electron chi connectivity index (χ2n) is 16.5. The predicted molar refractivity (Wildman–Crippen MR) is 298 cm³/mol. The number of ether oxygens (including phenoxy) is 11. The lowest BCUT2D eigenvalue weighted by molar-refractivity contribution is 0.0985. The molecule has 396 valence electrons. The molecule has 4 N–H and O–H groups in total. The van der Waals surface area contributed by atoms with E-state index < -0.39 is 0 Å². The van der Waals surface area contributed by atoms with Crippen molar-refractivity contribution in [1.29, 1.82) is 0 Å². The second kappa shape index (κ2) is 26.0. The van der Waals surface area contributed by atoms with Crippen LogP contribution in [0.5, 0.6) is 63.2 Å². The molecule has 0 bridgehead atoms. The Bertz CT molecular complexity index is 3240. The minimum absolute atomic E-state index is 0.0404. The van der Waals surface area contributed by atoms with E-state index in [-0.39, 0.29) is 24.7 Å². The third-order valence-electron chi connectivity index (χ3n) is 12.2. The van der Waals surface area contributed by atoms with Crippen molar-refractivity contribution in [3.8, 4) is 63.2 Å². The fraction of sp³-hybridized carbons (Fsp3) is 0.220. The standard InChI is InChI=1S/C59H62N4O13/c1-66-49-20-19-40(47(64)21-23-60-44-32-52(69-4)50(67-2)30-38(44)17-15-36-25-54(71-6)58(74-9)55(26-36)72-7)29-46(49)63-35-76-57-28-37(27-56(73-8)59(57)75-10)16-18-39-31-51(68-3)53(70-5)33-45(39)61-24-22-48(65)42-34-62-43-14-12-11-13-41(42)43/h11-20,22,24-34,60-63H,21,23,35H2,1-10H3/b17-15-,18-16-,24-22-. The molecular weight excluding hydrogens is 973 g/mol. The van der Waals surface area contributed by atoms with E-state index in [0.29, 0.717) is 97.9 Å². The highest BCUT2D eigenvalue weighted by Gasteiger charge is 2.18. The lowest BCUT2D eigenvalue weighted by atomic mass is 10.1. The van der Waals surface area contributed by atoms with Gasteiger partial charge in [-0.3, -0.25) is 9.59 Å². The van der Waals surface area contributed by atoms with Gasteiger partial charge in [-0.25, -0.2) is 0 Å². The Balaban J connectivity index is 1.05. The third-order valence-corrected chi connectivity index (χ3v) is 12.2. The van der Waals surface area contributed by atoms with Gasteiger partial charge in [-0.05, 0) is 71.8 Å². The zero-order chi connectivity index (χ0) is 54.1. The van der Waals surface area contributed by atoms with Crippen molar-refractivity contribution in [2.45, 2.75) is 6.42 Å². The molecule has 0 unspecified atom stereocenters. The molecule has 1 heterocycles. The quantitative estimate of drug-likeness (QED) is 0.0165. The molecule has 0 aliphatic heterocycles. The summed E-state index contributed by atoms with van der Waals surface area (Å²) in [6.45, 7) is 0.263. The molecule has 0 saturated heterocycles. The van der Waals surface area contributed by atoms with E-state index in [9.17, 15) is 9.59 Å². The summed E-state index contributed by atoms with van der Waals surface area (Å²) in [4.78, 5) is 30.1. The van der Waals surface area contributed by atoms with Crippen molar-refractivity contribution in [3.05, 3.63) is 143 Å². The van der Waals surface area contributed by atoms with Gasteiger partial charge in [0.25, 0.3) is 0 Å². The van der Waals surface area contributed by atoms with Crippen LogP contribution in [0.25, 0.3) is 35.2 Å². The first-order valence-electron chi connectivity index (χ1n) is 23.8. The molecule has 76 heavy (non-hydrogen) atoms. The van der Waals surface area contributed by atoms with E-state index in [1.165, 1.54) is 13.2 Å². The highest BCUT2D eigenvalue weighted by molar-refractivity contribution is 6.13. The van der Waals surface area contributed by atoms with Crippen molar-refractivity contribution in [1.82, 2.24) is 4.98 Å². The highest BCUT2D eigenvalue weighted by atomic mass is 16.5. The van der Waals surface area contributed by atoms with Crippen LogP contribution >= 0.6 is 0 Å². The number of rotatable bonds is 27. The molecule has 0 radical (unpaired) electrons. The number of allylic oxidation sites excluding steroid dienone is 1. The lowest BCUT2D eigenvalue weighted by Gasteiger charge is -2.17. The first kappa shape index (κ1) is 54.4. The SMILES string of the molecule is COc1ccc(C(=O)CCNc2cc(OC)c(OC)cc2/C=C\c2cc(OC)c(OC)c(OC)c2)cc1NCOc1cc(/C=C\c2cc(OC)c(OC)cc2N/C=C\C(=O)c2c[nH]c3ccccc23)cc(OC)c1OC. The molecule has 6 aromatic carbocycles. The van der Waals surface area contributed by atoms with Gasteiger partial charge in [0, 0.05) is 88.1 Å². The van der Waals surface area contributed by atoms with Gasteiger partial charge in [0.2, 0.25) is 11.5 Å². The molecule has 0 fully saturated rings. The van der Waals surface area contributed by atoms with E-state index in [4.69, 9.17) is 52.1 Å². The summed E-state index contributed by atoms with van der Waals surface area (Å²) in [5.41, 5.74) is 6.84. The Morgan fingerprint density at radius 1 is 0.500 bits per heavy atom. The van der Waals surface area contributed by atoms with Gasteiger partial charge in [0.15, 0.2) is 64.3 Å². The number of hydrogen-bond donors (Lipinski definition) is 4. The molecule has 17 nitrogen and oxygen atoms in total. The Hall–Kier alpha value is -9.38. The average Bonchev–Trinajstić information content (AvgIpc) is 3.90. The Labute approximate surface area is 441 Å². The molecular formula is C59H62N4O13. The molecule has 0 spiro atoms. The van der Waals surface area contributed by atoms with E-state index >= 15 is 0 Å². The third kappa shape index (κ3) is 12.7. The summed E-state index contributed by atoms with van der Waals surface area (Å²) < 4.78 is 62.5. The summed E-state index contributed by atoms with van der Waals surface area (Å²) in [5, 5.41) is 10.8. The second-order valence-corrected chi connectivity index (χ2v) is 16.5. The molecule has 0 saturated carbocycles. The van der Waals surface area contributed by atoms with Crippen molar-refractivity contribution >= 4 is 63.8 Å². The van der Waals surface area contributed by atoms with E-state index in [1.807, 2.05) is 91.0 Å². The first-order chi connectivity index (χ1) is 37.0. The Kier molecular flexibility index (Phi) is 18.6. The van der Waals surface area contributed by atoms with Crippen LogP contribution in [0, 0.1) is 0 Å². The number of Topliss-reactive ketones (excluding diaryl/α,β-unsaturated/α-hetero) is 1. The predicted octanol–water partition coefficient (Wildman–Crippen LogP) is 11.5. The number of H-pyrrole nitrogens is 1. The molecule has 0 atom stereocenters. The number of methoxy groups -OCH3 is 10. The summed E-state index contributed by atoms with van der Waals surface area (Å²) in [5.74, 6) is 5.00. The number of anilines is 3. The number of para-hydroxylation sites is 1. The van der Waals surface area contributed by atoms with Crippen molar-refractivity contribution < 1.29 is 61.7 Å². The van der Waals surface area contributed by atoms with Crippen LogP contribution in [0.3, 0.4) is 0 Å². The monoisotopic (exact) mass is 1030 g/mol. The number of fused-ring (bicyclic) bond motifs is 1. The normalized spacial score (nSPS) is 11.1. The van der Waals surface area contributed by atoms with Crippen LogP contribution < -0.4 is 68.1 Å². The molecule has 0 aliphatic rings. The zero-order valence-corrected chi connectivity index (χ0v) is 44.1. The number of carbonyl (C=O) groups is 2. The maximum atomic E-state index is 13.8. The van der Waals surface area contributed by atoms with E-state index in [0.717, 1.165) is 33.3 Å². The maximum Gasteiger partial charge on any atom is 0.203 e. The summed E-state index contributed by atoms with van der Waals surface area (Å²) >= 11 is 0. The Morgan fingerprint density at radius 2 is 1.03 bits per heavy atom. The fourth-order valence-corrected chi connectivity index (χ4v) is 8.30. The van der Waals surface area contributed by atoms with Crippen molar-refractivity contribution in [2.24, 2.45) is 0 Å². The molecule has 1 aromatic heterocycles. The van der Waals surface area contributed by atoms with Crippen LogP contribution in [-0.4, -0.2) is 101 Å². The van der Waals surface area contributed by atoms with Crippen LogP contribution in [0.15, 0.2) is 109 Å². The number of hydrogen-bond acceptors (Lipinski definition) is 16. The van der Waals surface area contributed by atoms with Crippen molar-refractivity contribution in [2.75, 3.05) is 100 Å². The number of benzene rings is 6. The highest BCUT2D eigenvalue weighted by Crippen LogP contribution is 2.42. The number of carbonyl (C=O) groups excluding carboxylic acids is 2.